The minimum atomic E-state index is -4.49. The summed E-state index contributed by atoms with van der Waals surface area (Å²) in [5.74, 6) is -0.0989. The van der Waals surface area contributed by atoms with Crippen molar-refractivity contribution in [3.63, 3.8) is 0 Å². The van der Waals surface area contributed by atoms with Crippen LogP contribution in [0.3, 0.4) is 0 Å². The molecule has 1 rings (SSSR count). The van der Waals surface area contributed by atoms with Gasteiger partial charge in [-0.1, -0.05) is 26.7 Å². The molecule has 0 heterocycles. The van der Waals surface area contributed by atoms with Gasteiger partial charge in [0.15, 0.2) is 5.60 Å². The van der Waals surface area contributed by atoms with E-state index >= 15 is 0 Å². The topological polar surface area (TPSA) is 20.2 Å². The van der Waals surface area contributed by atoms with E-state index < -0.39 is 11.8 Å². The Balaban J connectivity index is 2.84. The Hall–Kier alpha value is -0.250. The molecule has 0 aromatic rings. The summed E-state index contributed by atoms with van der Waals surface area (Å²) in [5.41, 5.74) is -2.46. The average Bonchev–Trinajstić information content (AvgIpc) is 2.09. The Morgan fingerprint density at radius 1 is 1.07 bits per heavy atom. The molecular formula is C10H17F3O. The van der Waals surface area contributed by atoms with Crippen LogP contribution in [0.2, 0.25) is 0 Å². The van der Waals surface area contributed by atoms with Crippen LogP contribution in [0, 0.1) is 11.8 Å². The van der Waals surface area contributed by atoms with Crippen LogP contribution in [-0.4, -0.2) is 16.9 Å². The summed E-state index contributed by atoms with van der Waals surface area (Å²) in [5, 5.41) is 9.60. The van der Waals surface area contributed by atoms with E-state index in [1.807, 2.05) is 0 Å². The zero-order valence-electron chi connectivity index (χ0n) is 8.56. The maximum atomic E-state index is 12.6. The van der Waals surface area contributed by atoms with Crippen LogP contribution in [0.4, 0.5) is 13.2 Å². The van der Waals surface area contributed by atoms with Crippen LogP contribution < -0.4 is 0 Å². The summed E-state index contributed by atoms with van der Waals surface area (Å²) < 4.78 is 37.8. The van der Waals surface area contributed by atoms with E-state index in [0.717, 1.165) is 12.8 Å². The van der Waals surface area contributed by atoms with Crippen LogP contribution in [0.25, 0.3) is 0 Å². The predicted molar refractivity (Wildman–Crippen MR) is 47.8 cm³/mol. The second kappa shape index (κ2) is 3.72. The van der Waals surface area contributed by atoms with Gasteiger partial charge in [-0.25, -0.2) is 0 Å². The highest BCUT2D eigenvalue weighted by Gasteiger charge is 2.54. The van der Waals surface area contributed by atoms with Gasteiger partial charge in [-0.15, -0.1) is 0 Å². The molecule has 0 radical (unpaired) electrons. The fourth-order valence-corrected chi connectivity index (χ4v) is 2.24. The van der Waals surface area contributed by atoms with E-state index in [4.69, 9.17) is 0 Å². The van der Waals surface area contributed by atoms with Crippen molar-refractivity contribution >= 4 is 0 Å². The van der Waals surface area contributed by atoms with Gasteiger partial charge >= 0.3 is 6.18 Å². The average molecular weight is 210 g/mol. The lowest BCUT2D eigenvalue weighted by Gasteiger charge is -2.32. The lowest BCUT2D eigenvalue weighted by molar-refractivity contribution is -0.269. The molecule has 1 nitrogen and oxygen atoms in total. The van der Waals surface area contributed by atoms with E-state index in [1.165, 1.54) is 0 Å². The molecule has 0 aromatic carbocycles. The van der Waals surface area contributed by atoms with Crippen molar-refractivity contribution in [1.82, 2.24) is 0 Å². The second-order valence-corrected chi connectivity index (χ2v) is 4.73. The first-order valence-corrected chi connectivity index (χ1v) is 5.04. The minimum absolute atomic E-state index is 0.0495. The van der Waals surface area contributed by atoms with Gasteiger partial charge in [-0.2, -0.15) is 13.2 Å². The lowest BCUT2D eigenvalue weighted by atomic mass is 9.87. The Bertz CT molecular complexity index is 188. The van der Waals surface area contributed by atoms with E-state index in [2.05, 4.69) is 0 Å². The number of rotatable bonds is 0. The molecule has 2 unspecified atom stereocenters. The molecule has 1 N–H and O–H groups in total. The molecule has 0 bridgehead atoms. The monoisotopic (exact) mass is 210 g/mol. The molecular weight excluding hydrogens is 193 g/mol. The first kappa shape index (κ1) is 11.8. The Morgan fingerprint density at radius 3 is 1.71 bits per heavy atom. The second-order valence-electron chi connectivity index (χ2n) is 4.73. The maximum absolute atomic E-state index is 12.6. The van der Waals surface area contributed by atoms with Crippen molar-refractivity contribution in [2.45, 2.75) is 51.3 Å². The van der Waals surface area contributed by atoms with Gasteiger partial charge in [0.25, 0.3) is 0 Å². The van der Waals surface area contributed by atoms with Crippen molar-refractivity contribution in [3.8, 4) is 0 Å². The van der Waals surface area contributed by atoms with Crippen molar-refractivity contribution in [2.24, 2.45) is 11.8 Å². The largest absolute Gasteiger partial charge is 0.417 e. The normalized spacial score (nSPS) is 40.7. The van der Waals surface area contributed by atoms with Crippen molar-refractivity contribution in [2.75, 3.05) is 0 Å². The van der Waals surface area contributed by atoms with Crippen LogP contribution in [-0.2, 0) is 0 Å². The summed E-state index contributed by atoms with van der Waals surface area (Å²) in [7, 11) is 0. The summed E-state index contributed by atoms with van der Waals surface area (Å²) in [6.45, 7) is 3.55. The molecule has 2 atom stereocenters. The van der Waals surface area contributed by atoms with Crippen LogP contribution in [0.15, 0.2) is 0 Å². The molecule has 84 valence electrons. The number of hydrogen-bond acceptors (Lipinski definition) is 1. The number of halogens is 3. The Labute approximate surface area is 82.3 Å². The first-order valence-electron chi connectivity index (χ1n) is 5.04. The maximum Gasteiger partial charge on any atom is 0.417 e. The molecule has 1 saturated carbocycles. The van der Waals surface area contributed by atoms with Gasteiger partial charge in [0.05, 0.1) is 0 Å². The van der Waals surface area contributed by atoms with Gasteiger partial charge in [0.1, 0.15) is 0 Å². The highest BCUT2D eigenvalue weighted by molar-refractivity contribution is 4.91. The predicted octanol–water partition coefficient (Wildman–Crippen LogP) is 3.13. The fourth-order valence-electron chi connectivity index (χ4n) is 2.24. The van der Waals surface area contributed by atoms with Gasteiger partial charge < -0.3 is 5.11 Å². The zero-order valence-corrected chi connectivity index (χ0v) is 8.56. The number of aliphatic hydroxyl groups is 1. The first-order chi connectivity index (χ1) is 6.24. The van der Waals surface area contributed by atoms with Crippen LogP contribution in [0.5, 0.6) is 0 Å². The summed E-state index contributed by atoms with van der Waals surface area (Å²) in [4.78, 5) is 0. The minimum Gasteiger partial charge on any atom is -0.380 e. The number of alkyl halides is 3. The van der Waals surface area contributed by atoms with Crippen LogP contribution in [0.1, 0.15) is 39.5 Å². The fraction of sp³-hybridized carbons (Fsp3) is 1.00. The Kier molecular flexibility index (Phi) is 3.14. The Morgan fingerprint density at radius 2 is 1.43 bits per heavy atom. The van der Waals surface area contributed by atoms with Crippen molar-refractivity contribution < 1.29 is 18.3 Å². The molecule has 1 aliphatic rings. The molecule has 0 spiro atoms. The van der Waals surface area contributed by atoms with E-state index in [1.54, 1.807) is 13.8 Å². The highest BCUT2D eigenvalue weighted by Crippen LogP contribution is 2.43. The van der Waals surface area contributed by atoms with Gasteiger partial charge in [-0.05, 0) is 24.7 Å². The SMILES string of the molecule is CC1CCC(C)CC(O)(C(F)(F)F)C1. The summed E-state index contributed by atoms with van der Waals surface area (Å²) in [6.07, 6.45) is -3.24. The third kappa shape index (κ3) is 2.41. The van der Waals surface area contributed by atoms with Gasteiger partial charge in [0, 0.05) is 0 Å². The lowest BCUT2D eigenvalue weighted by Crippen LogP contribution is -2.46. The van der Waals surface area contributed by atoms with Crippen molar-refractivity contribution in [3.05, 3.63) is 0 Å². The molecule has 0 amide bonds. The third-order valence-corrected chi connectivity index (χ3v) is 3.05. The van der Waals surface area contributed by atoms with Crippen LogP contribution >= 0.6 is 0 Å². The summed E-state index contributed by atoms with van der Waals surface area (Å²) >= 11 is 0. The molecule has 0 aliphatic heterocycles. The molecule has 14 heavy (non-hydrogen) atoms. The summed E-state index contributed by atoms with van der Waals surface area (Å²) in [6, 6.07) is 0. The van der Waals surface area contributed by atoms with E-state index in [9.17, 15) is 18.3 Å². The molecule has 0 aromatic heterocycles. The van der Waals surface area contributed by atoms with E-state index in [-0.39, 0.29) is 24.7 Å². The smallest absolute Gasteiger partial charge is 0.380 e. The molecule has 1 fully saturated rings. The number of hydrogen-bond donors (Lipinski definition) is 1. The van der Waals surface area contributed by atoms with E-state index in [0.29, 0.717) is 0 Å². The molecule has 4 heteroatoms. The van der Waals surface area contributed by atoms with Gasteiger partial charge in [-0.3, -0.25) is 0 Å². The third-order valence-electron chi connectivity index (χ3n) is 3.05. The highest BCUT2D eigenvalue weighted by atomic mass is 19.4. The standard InChI is InChI=1S/C10H17F3O/c1-7-3-4-8(2)6-9(14,5-7)10(11,12)13/h7-8,14H,3-6H2,1-2H3. The molecule has 0 saturated heterocycles. The van der Waals surface area contributed by atoms with Crippen molar-refractivity contribution in [1.29, 1.82) is 0 Å². The van der Waals surface area contributed by atoms with Gasteiger partial charge in [0.2, 0.25) is 0 Å². The quantitative estimate of drug-likeness (QED) is 0.609. The zero-order chi connectivity index (χ0) is 11.0. The molecule has 1 aliphatic carbocycles.